The van der Waals surface area contributed by atoms with Crippen LogP contribution in [-0.4, -0.2) is 70.7 Å². The number of carbonyl (C=O) groups is 5. The first-order chi connectivity index (χ1) is 21.8. The summed E-state index contributed by atoms with van der Waals surface area (Å²) in [6.07, 6.45) is 8.77. The van der Waals surface area contributed by atoms with Gasteiger partial charge in [-0.05, 0) is 42.6 Å². The molecule has 3 aliphatic rings. The highest BCUT2D eigenvalue weighted by atomic mass is 16.5. The van der Waals surface area contributed by atoms with Gasteiger partial charge in [0.1, 0.15) is 12.1 Å². The number of ketones is 1. The van der Waals surface area contributed by atoms with Crippen LogP contribution >= 0.6 is 0 Å². The Balaban J connectivity index is 1.54. The van der Waals surface area contributed by atoms with Crippen molar-refractivity contribution in [3.8, 4) is 0 Å². The number of primary amides is 1. The Kier molecular flexibility index (Phi) is 11.9. The molecule has 0 bridgehead atoms. The van der Waals surface area contributed by atoms with Crippen LogP contribution in [0.15, 0.2) is 30.3 Å². The third-order valence-electron chi connectivity index (χ3n) is 10.1. The van der Waals surface area contributed by atoms with Crippen molar-refractivity contribution < 1.29 is 28.7 Å². The van der Waals surface area contributed by atoms with E-state index in [0.717, 1.165) is 63.4 Å². The fourth-order valence-corrected chi connectivity index (χ4v) is 6.95. The van der Waals surface area contributed by atoms with E-state index in [1.165, 1.54) is 4.90 Å². The minimum atomic E-state index is -1.10. The molecule has 0 aromatic heterocycles. The summed E-state index contributed by atoms with van der Waals surface area (Å²) in [5, 5.41) is 8.91. The Morgan fingerprint density at radius 1 is 1.00 bits per heavy atom. The van der Waals surface area contributed by atoms with Crippen LogP contribution < -0.4 is 21.7 Å². The van der Waals surface area contributed by atoms with E-state index in [1.807, 2.05) is 51.1 Å². The Labute approximate surface area is 273 Å². The van der Waals surface area contributed by atoms with Crippen LogP contribution in [0.2, 0.25) is 0 Å². The summed E-state index contributed by atoms with van der Waals surface area (Å²) in [5.41, 5.74) is 5.32. The summed E-state index contributed by atoms with van der Waals surface area (Å²) in [5.74, 6) is -2.66. The third kappa shape index (κ3) is 9.08. The van der Waals surface area contributed by atoms with Crippen molar-refractivity contribution in [2.45, 2.75) is 135 Å². The number of hydrogen-bond donors (Lipinski definition) is 4. The van der Waals surface area contributed by atoms with Gasteiger partial charge in [0.25, 0.3) is 5.91 Å². The minimum Gasteiger partial charge on any atom is -0.372 e. The molecule has 4 rings (SSSR count). The predicted octanol–water partition coefficient (Wildman–Crippen LogP) is 3.73. The Morgan fingerprint density at radius 2 is 1.67 bits per heavy atom. The van der Waals surface area contributed by atoms with Gasteiger partial charge in [-0.15, -0.1) is 0 Å². The number of urea groups is 1. The summed E-state index contributed by atoms with van der Waals surface area (Å²) in [4.78, 5) is 67.7. The quantitative estimate of drug-likeness (QED) is 0.241. The maximum absolute atomic E-state index is 14.4. The maximum Gasteiger partial charge on any atom is 0.315 e. The Bertz CT molecular complexity index is 1240. The third-order valence-corrected chi connectivity index (χ3v) is 10.1. The van der Waals surface area contributed by atoms with Gasteiger partial charge in [-0.1, -0.05) is 96.6 Å². The molecule has 5 N–H and O–H groups in total. The van der Waals surface area contributed by atoms with E-state index in [1.54, 1.807) is 0 Å². The highest BCUT2D eigenvalue weighted by molar-refractivity contribution is 6.37. The van der Waals surface area contributed by atoms with E-state index >= 15 is 0 Å². The number of nitrogens with two attached hydrogens (primary N) is 1. The monoisotopic (exact) mass is 639 g/mol. The second-order valence-electron chi connectivity index (χ2n) is 14.6. The molecule has 0 spiro atoms. The zero-order chi connectivity index (χ0) is 33.5. The van der Waals surface area contributed by atoms with Gasteiger partial charge in [-0.25, -0.2) is 4.79 Å². The highest BCUT2D eigenvalue weighted by Crippen LogP contribution is 2.33. The number of likely N-dealkylation sites (tertiary alicyclic amines) is 1. The molecule has 1 aromatic rings. The van der Waals surface area contributed by atoms with Gasteiger partial charge in [0, 0.05) is 18.5 Å². The molecule has 254 valence electrons. The summed E-state index contributed by atoms with van der Waals surface area (Å²) >= 11 is 0. The molecule has 11 nitrogen and oxygen atoms in total. The van der Waals surface area contributed by atoms with E-state index in [9.17, 15) is 24.0 Å². The molecule has 1 aromatic carbocycles. The fourth-order valence-electron chi connectivity index (χ4n) is 6.95. The maximum atomic E-state index is 14.4. The topological polar surface area (TPSA) is 160 Å². The molecule has 1 aliphatic heterocycles. The minimum absolute atomic E-state index is 0.135. The van der Waals surface area contributed by atoms with Crippen molar-refractivity contribution in [1.29, 1.82) is 0 Å². The molecule has 2 saturated carbocycles. The molecule has 11 heteroatoms. The lowest BCUT2D eigenvalue weighted by Gasteiger charge is -2.39. The van der Waals surface area contributed by atoms with Crippen LogP contribution in [0, 0.1) is 11.3 Å². The van der Waals surface area contributed by atoms with Crippen molar-refractivity contribution in [3.05, 3.63) is 35.9 Å². The normalized spacial score (nSPS) is 22.7. The average molecular weight is 640 g/mol. The number of benzene rings is 1. The number of nitrogens with one attached hydrogen (secondary N) is 3. The first kappa shape index (κ1) is 35.4. The molecular formula is C35H53N5O6. The van der Waals surface area contributed by atoms with Crippen molar-refractivity contribution in [3.63, 3.8) is 0 Å². The van der Waals surface area contributed by atoms with Gasteiger partial charge in [-0.2, -0.15) is 0 Å². The molecule has 2 unspecified atom stereocenters. The van der Waals surface area contributed by atoms with Crippen molar-refractivity contribution in [2.75, 3.05) is 6.54 Å². The highest BCUT2D eigenvalue weighted by Gasteiger charge is 2.46. The number of ether oxygens (including phenoxy) is 1. The first-order valence-corrected chi connectivity index (χ1v) is 17.0. The lowest BCUT2D eigenvalue weighted by atomic mass is 9.80. The second kappa shape index (κ2) is 15.4. The number of hydrogen-bond acceptors (Lipinski definition) is 6. The van der Waals surface area contributed by atoms with Crippen molar-refractivity contribution in [1.82, 2.24) is 20.9 Å². The molecule has 2 aliphatic carbocycles. The van der Waals surface area contributed by atoms with E-state index in [-0.39, 0.29) is 24.4 Å². The predicted molar refractivity (Wildman–Crippen MR) is 174 cm³/mol. The van der Waals surface area contributed by atoms with Crippen molar-refractivity contribution >= 4 is 29.5 Å². The van der Waals surface area contributed by atoms with Gasteiger partial charge in [0.15, 0.2) is 0 Å². The molecule has 46 heavy (non-hydrogen) atoms. The number of Topliss-reactive ketones (excluding diaryl/α,β-unsaturated/α-hetero) is 1. The van der Waals surface area contributed by atoms with E-state index in [0.29, 0.717) is 13.0 Å². The SMILES string of the molecule is CCC1(NC(=O)N[C@H](C(=O)N2CC(OCc3ccccc3)C[C@H]2C(=O)NC(CC2CCC2)C(=O)C(N)=O)C(C)(C)C)CCCCC1. The smallest absolute Gasteiger partial charge is 0.315 e. The fraction of sp³-hybridized carbons (Fsp3) is 0.686. The van der Waals surface area contributed by atoms with Crippen molar-refractivity contribution in [2.24, 2.45) is 17.1 Å². The zero-order valence-corrected chi connectivity index (χ0v) is 27.9. The first-order valence-electron chi connectivity index (χ1n) is 17.0. The van der Waals surface area contributed by atoms with Crippen LogP contribution in [0.5, 0.6) is 0 Å². The summed E-state index contributed by atoms with van der Waals surface area (Å²) < 4.78 is 6.19. The summed E-state index contributed by atoms with van der Waals surface area (Å²) in [6, 6.07) is 6.27. The number of nitrogens with zero attached hydrogens (tertiary/aromatic N) is 1. The van der Waals surface area contributed by atoms with E-state index in [2.05, 4.69) is 22.9 Å². The molecule has 5 amide bonds. The second-order valence-corrected chi connectivity index (χ2v) is 14.6. The number of rotatable bonds is 13. The lowest BCUT2D eigenvalue weighted by molar-refractivity contribution is -0.143. The van der Waals surface area contributed by atoms with Gasteiger partial charge in [-0.3, -0.25) is 19.2 Å². The van der Waals surface area contributed by atoms with Crippen LogP contribution in [-0.2, 0) is 30.5 Å². The van der Waals surface area contributed by atoms with Crippen LogP contribution in [0.3, 0.4) is 0 Å². The molecule has 0 radical (unpaired) electrons. The molecule has 4 atom stereocenters. The van der Waals surface area contributed by atoms with Crippen LogP contribution in [0.25, 0.3) is 0 Å². The average Bonchev–Trinajstić information content (AvgIpc) is 3.44. The molecule has 3 fully saturated rings. The molecule has 1 heterocycles. The van der Waals surface area contributed by atoms with Crippen LogP contribution in [0.1, 0.15) is 104 Å². The van der Waals surface area contributed by atoms with Gasteiger partial charge in [0.05, 0.1) is 18.8 Å². The lowest BCUT2D eigenvalue weighted by Crippen LogP contribution is -2.62. The van der Waals surface area contributed by atoms with Gasteiger partial charge in [0.2, 0.25) is 17.6 Å². The standard InChI is InChI=1S/C35H53N5O6/c1-5-35(17-10-7-11-18-35)39-33(45)38-29(34(2,3)4)32(44)40-21-25(46-22-24-13-8-6-9-14-24)20-27(40)31(43)37-26(28(41)30(36)42)19-23-15-12-16-23/h6,8-9,13-14,23,25-27,29H,5,7,10-12,15-22H2,1-4H3,(H2,36,42)(H,37,43)(H2,38,39,45)/t25?,26?,27-,29+/m0/s1. The summed E-state index contributed by atoms with van der Waals surface area (Å²) in [6.45, 7) is 8.13. The van der Waals surface area contributed by atoms with Crippen LogP contribution in [0.4, 0.5) is 4.79 Å². The number of carbonyl (C=O) groups excluding carboxylic acids is 5. The van der Waals surface area contributed by atoms with Gasteiger partial charge >= 0.3 is 6.03 Å². The Morgan fingerprint density at radius 3 is 2.24 bits per heavy atom. The number of amides is 5. The van der Waals surface area contributed by atoms with E-state index < -0.39 is 59.2 Å². The molecule has 1 saturated heterocycles. The van der Waals surface area contributed by atoms with Gasteiger partial charge < -0.3 is 31.3 Å². The van der Waals surface area contributed by atoms with E-state index in [4.69, 9.17) is 10.5 Å². The largest absolute Gasteiger partial charge is 0.372 e. The molecular weight excluding hydrogens is 586 g/mol. The Hall–Kier alpha value is -3.47. The zero-order valence-electron chi connectivity index (χ0n) is 27.9. The summed E-state index contributed by atoms with van der Waals surface area (Å²) in [7, 11) is 0.